The summed E-state index contributed by atoms with van der Waals surface area (Å²) in [6.45, 7) is 4.59. The number of anilines is 1. The highest BCUT2D eigenvalue weighted by molar-refractivity contribution is 7.80. The number of benzene rings is 1. The van der Waals surface area contributed by atoms with Crippen LogP contribution in [0.3, 0.4) is 0 Å². The van der Waals surface area contributed by atoms with Gasteiger partial charge < -0.3 is 20.1 Å². The number of rotatable bonds is 4. The van der Waals surface area contributed by atoms with E-state index in [-0.39, 0.29) is 6.61 Å². The molecule has 0 atom stereocenters. The number of aliphatic hydroxyl groups is 1. The Hall–Kier alpha value is -1.37. The van der Waals surface area contributed by atoms with Crippen LogP contribution in [0.4, 0.5) is 5.69 Å². The summed E-state index contributed by atoms with van der Waals surface area (Å²) in [4.78, 5) is 4.40. The summed E-state index contributed by atoms with van der Waals surface area (Å²) in [6.07, 6.45) is 0. The Morgan fingerprint density at radius 2 is 2.10 bits per heavy atom. The Balaban J connectivity index is 1.86. The minimum absolute atomic E-state index is 0.215. The highest BCUT2D eigenvalue weighted by Gasteiger charge is 2.18. The van der Waals surface area contributed by atoms with E-state index in [0.29, 0.717) is 0 Å². The Morgan fingerprint density at radius 1 is 1.35 bits per heavy atom. The van der Waals surface area contributed by atoms with Crippen LogP contribution >= 0.6 is 12.2 Å². The Labute approximate surface area is 125 Å². The van der Waals surface area contributed by atoms with Gasteiger partial charge in [-0.15, -0.1) is 0 Å². The molecular weight excluding hydrogens is 274 g/mol. The van der Waals surface area contributed by atoms with Crippen molar-refractivity contribution in [3.63, 3.8) is 0 Å². The molecular formula is C14H21N3O2S. The van der Waals surface area contributed by atoms with E-state index in [9.17, 15) is 0 Å². The lowest BCUT2D eigenvalue weighted by Gasteiger charge is -2.35. The summed E-state index contributed by atoms with van der Waals surface area (Å²) in [6, 6.07) is 7.73. The minimum Gasteiger partial charge on any atom is -0.497 e. The van der Waals surface area contributed by atoms with Crippen LogP contribution in [0.15, 0.2) is 24.3 Å². The number of nitrogens with zero attached hydrogens (tertiary/aromatic N) is 2. The molecule has 110 valence electrons. The third-order valence-corrected chi connectivity index (χ3v) is 3.76. The van der Waals surface area contributed by atoms with E-state index in [1.165, 1.54) is 0 Å². The van der Waals surface area contributed by atoms with Gasteiger partial charge in [-0.3, -0.25) is 4.90 Å². The number of ether oxygens (including phenoxy) is 1. The average molecular weight is 295 g/mol. The quantitative estimate of drug-likeness (QED) is 0.808. The van der Waals surface area contributed by atoms with Crippen molar-refractivity contribution in [2.45, 2.75) is 0 Å². The molecule has 0 amide bonds. The molecule has 1 aromatic rings. The lowest BCUT2D eigenvalue weighted by Crippen LogP contribution is -2.50. The highest BCUT2D eigenvalue weighted by atomic mass is 32.1. The summed E-state index contributed by atoms with van der Waals surface area (Å²) < 4.78 is 5.20. The second-order valence-electron chi connectivity index (χ2n) is 4.71. The lowest BCUT2D eigenvalue weighted by molar-refractivity contribution is 0.148. The number of thiocarbonyl (C=S) groups is 1. The highest BCUT2D eigenvalue weighted by Crippen LogP contribution is 2.17. The first-order chi connectivity index (χ1) is 9.72. The van der Waals surface area contributed by atoms with E-state index >= 15 is 0 Å². The maximum absolute atomic E-state index is 8.93. The summed E-state index contributed by atoms with van der Waals surface area (Å²) in [5.74, 6) is 0.811. The number of aliphatic hydroxyl groups excluding tert-OH is 1. The van der Waals surface area contributed by atoms with Crippen molar-refractivity contribution >= 4 is 23.0 Å². The van der Waals surface area contributed by atoms with Crippen LogP contribution in [0.1, 0.15) is 0 Å². The molecule has 0 saturated carbocycles. The molecule has 1 fully saturated rings. The molecule has 1 aromatic carbocycles. The lowest BCUT2D eigenvalue weighted by atomic mass is 10.3. The average Bonchev–Trinajstić information content (AvgIpc) is 2.48. The van der Waals surface area contributed by atoms with Gasteiger partial charge >= 0.3 is 0 Å². The maximum atomic E-state index is 8.93. The van der Waals surface area contributed by atoms with Crippen molar-refractivity contribution in [2.75, 3.05) is 51.8 Å². The normalized spacial score (nSPS) is 16.0. The van der Waals surface area contributed by atoms with Crippen LogP contribution < -0.4 is 10.1 Å². The molecule has 0 radical (unpaired) electrons. The number of nitrogens with one attached hydrogen (secondary N) is 1. The van der Waals surface area contributed by atoms with E-state index in [0.717, 1.165) is 49.3 Å². The van der Waals surface area contributed by atoms with Gasteiger partial charge in [-0.25, -0.2) is 0 Å². The zero-order valence-electron chi connectivity index (χ0n) is 11.7. The third kappa shape index (κ3) is 4.06. The van der Waals surface area contributed by atoms with Crippen LogP contribution in [0.5, 0.6) is 5.75 Å². The molecule has 0 spiro atoms. The van der Waals surface area contributed by atoms with Crippen LogP contribution in [-0.4, -0.2) is 66.5 Å². The number of β-amino-alcohol motifs (C(OH)–C–C–N with tert-alkyl or cyclic N) is 1. The zero-order valence-corrected chi connectivity index (χ0v) is 12.5. The van der Waals surface area contributed by atoms with Gasteiger partial charge in [-0.2, -0.15) is 0 Å². The number of hydrogen-bond acceptors (Lipinski definition) is 4. The molecule has 1 saturated heterocycles. The number of methoxy groups -OCH3 is 1. The maximum Gasteiger partial charge on any atom is 0.173 e. The fourth-order valence-electron chi connectivity index (χ4n) is 2.22. The van der Waals surface area contributed by atoms with Crippen molar-refractivity contribution in [2.24, 2.45) is 0 Å². The molecule has 0 aromatic heterocycles. The van der Waals surface area contributed by atoms with Crippen LogP contribution in [-0.2, 0) is 0 Å². The van der Waals surface area contributed by atoms with E-state index in [4.69, 9.17) is 22.1 Å². The second kappa shape index (κ2) is 7.42. The van der Waals surface area contributed by atoms with Crippen molar-refractivity contribution in [1.82, 2.24) is 9.80 Å². The topological polar surface area (TPSA) is 48.0 Å². The molecule has 0 aliphatic carbocycles. The first kappa shape index (κ1) is 15.0. The molecule has 1 heterocycles. The van der Waals surface area contributed by atoms with Gasteiger partial charge in [0.1, 0.15) is 5.75 Å². The molecule has 1 aliphatic rings. The summed E-state index contributed by atoms with van der Waals surface area (Å²) in [5, 5.41) is 12.9. The molecule has 5 nitrogen and oxygen atoms in total. The largest absolute Gasteiger partial charge is 0.497 e. The third-order valence-electron chi connectivity index (χ3n) is 3.40. The van der Waals surface area contributed by atoms with Crippen LogP contribution in [0.2, 0.25) is 0 Å². The van der Waals surface area contributed by atoms with E-state index in [1.807, 2.05) is 24.3 Å². The fraction of sp³-hybridized carbons (Fsp3) is 0.500. The van der Waals surface area contributed by atoms with Gasteiger partial charge in [0, 0.05) is 44.5 Å². The first-order valence-corrected chi connectivity index (χ1v) is 7.17. The molecule has 2 N–H and O–H groups in total. The SMILES string of the molecule is COc1cccc(NC(=S)N2CCN(CCO)CC2)c1. The molecule has 1 aliphatic heterocycles. The van der Waals surface area contributed by atoms with Gasteiger partial charge in [-0.05, 0) is 24.4 Å². The van der Waals surface area contributed by atoms with Crippen molar-refractivity contribution in [1.29, 1.82) is 0 Å². The molecule has 2 rings (SSSR count). The molecule has 0 unspecified atom stereocenters. The molecule has 6 heteroatoms. The number of piperazine rings is 1. The summed E-state index contributed by atoms with van der Waals surface area (Å²) in [7, 11) is 1.65. The summed E-state index contributed by atoms with van der Waals surface area (Å²) in [5.41, 5.74) is 0.937. The minimum atomic E-state index is 0.215. The van der Waals surface area contributed by atoms with Crippen LogP contribution in [0.25, 0.3) is 0 Å². The van der Waals surface area contributed by atoms with Crippen molar-refractivity contribution < 1.29 is 9.84 Å². The molecule has 20 heavy (non-hydrogen) atoms. The Bertz CT molecular complexity index is 448. The molecule has 0 bridgehead atoms. The predicted molar refractivity (Wildman–Crippen MR) is 84.3 cm³/mol. The van der Waals surface area contributed by atoms with Gasteiger partial charge in [0.15, 0.2) is 5.11 Å². The van der Waals surface area contributed by atoms with E-state index in [1.54, 1.807) is 7.11 Å². The Kier molecular flexibility index (Phi) is 5.58. The van der Waals surface area contributed by atoms with Gasteiger partial charge in [0.25, 0.3) is 0 Å². The van der Waals surface area contributed by atoms with Crippen molar-refractivity contribution in [3.05, 3.63) is 24.3 Å². The smallest absolute Gasteiger partial charge is 0.173 e. The van der Waals surface area contributed by atoms with Crippen LogP contribution in [0, 0.1) is 0 Å². The van der Waals surface area contributed by atoms with E-state index in [2.05, 4.69) is 15.1 Å². The first-order valence-electron chi connectivity index (χ1n) is 6.76. The zero-order chi connectivity index (χ0) is 14.4. The number of hydrogen-bond donors (Lipinski definition) is 2. The Morgan fingerprint density at radius 3 is 2.75 bits per heavy atom. The van der Waals surface area contributed by atoms with Gasteiger partial charge in [0.05, 0.1) is 13.7 Å². The monoisotopic (exact) mass is 295 g/mol. The predicted octanol–water partition coefficient (Wildman–Crippen LogP) is 1.00. The second-order valence-corrected chi connectivity index (χ2v) is 5.10. The standard InChI is InChI=1S/C14H21N3O2S/c1-19-13-4-2-3-12(11-13)15-14(20)17-7-5-16(6-8-17)9-10-18/h2-4,11,18H,5-10H2,1H3,(H,15,20). The van der Waals surface area contributed by atoms with Gasteiger partial charge in [0.2, 0.25) is 0 Å². The van der Waals surface area contributed by atoms with Gasteiger partial charge in [-0.1, -0.05) is 6.07 Å². The van der Waals surface area contributed by atoms with E-state index < -0.39 is 0 Å². The fourth-order valence-corrected chi connectivity index (χ4v) is 2.52. The van der Waals surface area contributed by atoms with Crippen molar-refractivity contribution in [3.8, 4) is 5.75 Å². The summed E-state index contributed by atoms with van der Waals surface area (Å²) >= 11 is 5.44.